The number of nitrogens with one attached hydrogen (secondary N) is 2. The fraction of sp³-hybridized carbons (Fsp3) is 0.750. The van der Waals surface area contributed by atoms with Crippen molar-refractivity contribution in [3.8, 4) is 0 Å². The van der Waals surface area contributed by atoms with Crippen LogP contribution in [-0.2, 0) is 4.79 Å². The largest absolute Gasteiger partial charge is 0.480 e. The zero-order valence-corrected chi connectivity index (χ0v) is 9.50. The van der Waals surface area contributed by atoms with E-state index in [4.69, 9.17) is 10.2 Å². The summed E-state index contributed by atoms with van der Waals surface area (Å²) < 4.78 is 0. The van der Waals surface area contributed by atoms with Gasteiger partial charge >= 0.3 is 12.0 Å². The van der Waals surface area contributed by atoms with Crippen molar-refractivity contribution in [1.82, 2.24) is 10.6 Å². The van der Waals surface area contributed by atoms with Crippen molar-refractivity contribution >= 4 is 23.8 Å². The highest BCUT2D eigenvalue weighted by Crippen LogP contribution is 1.95. The topological polar surface area (TPSA) is 98.7 Å². The lowest BCUT2D eigenvalue weighted by molar-refractivity contribution is -0.140. The van der Waals surface area contributed by atoms with Crippen LogP contribution in [0.2, 0.25) is 0 Å². The molecule has 15 heavy (non-hydrogen) atoms. The smallest absolute Gasteiger partial charge is 0.328 e. The zero-order chi connectivity index (χ0) is 11.8. The summed E-state index contributed by atoms with van der Waals surface area (Å²) in [5.74, 6) is -0.519. The molecule has 0 radical (unpaired) electrons. The van der Waals surface area contributed by atoms with E-state index >= 15 is 0 Å². The molecule has 0 aromatic heterocycles. The molecule has 0 saturated carbocycles. The third-order valence-electron chi connectivity index (χ3n) is 1.58. The summed E-state index contributed by atoms with van der Waals surface area (Å²) in [6.45, 7) is 1.18. The van der Waals surface area contributed by atoms with E-state index in [9.17, 15) is 9.59 Å². The quantitative estimate of drug-likeness (QED) is 0.497. The maximum absolute atomic E-state index is 11.2. The Kier molecular flexibility index (Phi) is 6.89. The first kappa shape index (κ1) is 14.1. The number of amides is 2. The van der Waals surface area contributed by atoms with E-state index in [2.05, 4.69) is 10.6 Å². The standard InChI is InChI=1S/C8H16N2O4S/c1-5(4-15-2)9-8(14)10-6(3-11)7(12)13/h5-6,11H,3-4H2,1-2H3,(H,12,13)(H2,9,10,14). The Hall–Kier alpha value is -0.950. The number of carboxylic acids is 1. The highest BCUT2D eigenvalue weighted by molar-refractivity contribution is 7.98. The molecule has 0 spiro atoms. The van der Waals surface area contributed by atoms with Gasteiger partial charge in [0, 0.05) is 11.8 Å². The Morgan fingerprint density at radius 2 is 2.00 bits per heavy atom. The number of rotatable bonds is 6. The molecule has 2 atom stereocenters. The van der Waals surface area contributed by atoms with Gasteiger partial charge in [-0.3, -0.25) is 0 Å². The summed E-state index contributed by atoms with van der Waals surface area (Å²) in [5, 5.41) is 21.9. The van der Waals surface area contributed by atoms with Crippen LogP contribution >= 0.6 is 11.8 Å². The number of thioether (sulfide) groups is 1. The minimum Gasteiger partial charge on any atom is -0.480 e. The molecule has 0 heterocycles. The van der Waals surface area contributed by atoms with Gasteiger partial charge in [-0.15, -0.1) is 0 Å². The van der Waals surface area contributed by atoms with Gasteiger partial charge in [0.15, 0.2) is 6.04 Å². The molecule has 0 aliphatic heterocycles. The lowest BCUT2D eigenvalue weighted by atomic mass is 10.3. The van der Waals surface area contributed by atoms with Crippen molar-refractivity contribution in [3.05, 3.63) is 0 Å². The third-order valence-corrected chi connectivity index (χ3v) is 2.41. The Bertz CT molecular complexity index is 225. The number of aliphatic hydroxyl groups excluding tert-OH is 1. The van der Waals surface area contributed by atoms with E-state index in [0.29, 0.717) is 0 Å². The third kappa shape index (κ3) is 6.19. The van der Waals surface area contributed by atoms with Gasteiger partial charge in [0.1, 0.15) is 0 Å². The molecule has 0 rings (SSSR count). The fourth-order valence-corrected chi connectivity index (χ4v) is 1.48. The van der Waals surface area contributed by atoms with Crippen molar-refractivity contribution in [2.75, 3.05) is 18.6 Å². The molecule has 7 heteroatoms. The van der Waals surface area contributed by atoms with Crippen molar-refractivity contribution in [2.24, 2.45) is 0 Å². The minimum atomic E-state index is -1.26. The maximum atomic E-state index is 11.2. The van der Waals surface area contributed by atoms with Crippen LogP contribution in [0.4, 0.5) is 4.79 Å². The highest BCUT2D eigenvalue weighted by atomic mass is 32.2. The summed E-state index contributed by atoms with van der Waals surface area (Å²) in [6.07, 6.45) is 1.91. The minimum absolute atomic E-state index is 0.0480. The van der Waals surface area contributed by atoms with Crippen LogP contribution in [0.1, 0.15) is 6.92 Å². The van der Waals surface area contributed by atoms with Crippen LogP contribution in [0.15, 0.2) is 0 Å². The van der Waals surface area contributed by atoms with Gasteiger partial charge in [0.25, 0.3) is 0 Å². The summed E-state index contributed by atoms with van der Waals surface area (Å²) in [5.41, 5.74) is 0. The Morgan fingerprint density at radius 1 is 1.40 bits per heavy atom. The van der Waals surface area contributed by atoms with Gasteiger partial charge in [-0.2, -0.15) is 11.8 Å². The van der Waals surface area contributed by atoms with Gasteiger partial charge in [0.2, 0.25) is 0 Å². The summed E-state index contributed by atoms with van der Waals surface area (Å²) in [4.78, 5) is 21.7. The monoisotopic (exact) mass is 236 g/mol. The molecule has 4 N–H and O–H groups in total. The molecule has 0 aromatic carbocycles. The number of hydrogen-bond donors (Lipinski definition) is 4. The molecule has 0 saturated heterocycles. The number of aliphatic carboxylic acids is 1. The lowest BCUT2D eigenvalue weighted by Crippen LogP contribution is -2.50. The molecular formula is C8H16N2O4S. The van der Waals surface area contributed by atoms with Gasteiger partial charge in [-0.1, -0.05) is 0 Å². The fourth-order valence-electron chi connectivity index (χ4n) is 0.901. The van der Waals surface area contributed by atoms with E-state index in [-0.39, 0.29) is 6.04 Å². The molecule has 2 amide bonds. The maximum Gasteiger partial charge on any atom is 0.328 e. The van der Waals surface area contributed by atoms with Gasteiger partial charge in [-0.25, -0.2) is 9.59 Å². The van der Waals surface area contributed by atoms with Crippen molar-refractivity contribution in [2.45, 2.75) is 19.0 Å². The number of hydrogen-bond acceptors (Lipinski definition) is 4. The summed E-state index contributed by atoms with van der Waals surface area (Å²) >= 11 is 1.57. The average Bonchev–Trinajstić information content (AvgIpc) is 2.13. The summed E-state index contributed by atoms with van der Waals surface area (Å²) in [7, 11) is 0. The lowest BCUT2D eigenvalue weighted by Gasteiger charge is -2.16. The Labute approximate surface area is 92.4 Å². The zero-order valence-electron chi connectivity index (χ0n) is 8.69. The molecule has 0 fully saturated rings. The molecule has 2 unspecified atom stereocenters. The number of carbonyl (C=O) groups is 2. The first-order valence-electron chi connectivity index (χ1n) is 4.40. The van der Waals surface area contributed by atoms with E-state index in [1.807, 2.05) is 13.2 Å². The number of urea groups is 1. The molecule has 0 aliphatic carbocycles. The predicted octanol–water partition coefficient (Wildman–Crippen LogP) is -0.517. The average molecular weight is 236 g/mol. The van der Waals surface area contributed by atoms with Crippen LogP contribution in [0.3, 0.4) is 0 Å². The first-order valence-corrected chi connectivity index (χ1v) is 5.80. The van der Waals surface area contributed by atoms with Crippen molar-refractivity contribution in [1.29, 1.82) is 0 Å². The Balaban J connectivity index is 3.96. The van der Waals surface area contributed by atoms with Crippen LogP contribution in [-0.4, -0.2) is 52.9 Å². The number of carbonyl (C=O) groups excluding carboxylic acids is 1. The van der Waals surface area contributed by atoms with E-state index in [0.717, 1.165) is 5.75 Å². The molecule has 88 valence electrons. The SMILES string of the molecule is CSCC(C)NC(=O)NC(CO)C(=O)O. The van der Waals surface area contributed by atoms with Gasteiger partial charge in [0.05, 0.1) is 6.61 Å². The first-order chi connectivity index (χ1) is 7.01. The molecule has 0 aliphatic rings. The predicted molar refractivity (Wildman–Crippen MR) is 58.0 cm³/mol. The molecule has 0 aromatic rings. The highest BCUT2D eigenvalue weighted by Gasteiger charge is 2.19. The second-order valence-corrected chi connectivity index (χ2v) is 3.96. The number of carboxylic acid groups (broad SMARTS) is 1. The Morgan fingerprint density at radius 3 is 2.40 bits per heavy atom. The van der Waals surface area contributed by atoms with E-state index < -0.39 is 24.6 Å². The van der Waals surface area contributed by atoms with Crippen LogP contribution < -0.4 is 10.6 Å². The van der Waals surface area contributed by atoms with Crippen LogP contribution in [0.25, 0.3) is 0 Å². The van der Waals surface area contributed by atoms with Crippen molar-refractivity contribution < 1.29 is 19.8 Å². The summed E-state index contributed by atoms with van der Waals surface area (Å²) in [6, 6.07) is -1.89. The second-order valence-electron chi connectivity index (χ2n) is 3.05. The molecule has 0 bridgehead atoms. The normalized spacial score (nSPS) is 14.1. The molecule has 6 nitrogen and oxygen atoms in total. The second kappa shape index (κ2) is 7.36. The van der Waals surface area contributed by atoms with Gasteiger partial charge < -0.3 is 20.8 Å². The van der Waals surface area contributed by atoms with E-state index in [1.54, 1.807) is 11.8 Å². The van der Waals surface area contributed by atoms with Crippen molar-refractivity contribution in [3.63, 3.8) is 0 Å². The molecular weight excluding hydrogens is 220 g/mol. The van der Waals surface area contributed by atoms with Crippen LogP contribution in [0.5, 0.6) is 0 Å². The van der Waals surface area contributed by atoms with E-state index in [1.165, 1.54) is 0 Å². The number of aliphatic hydroxyl groups is 1. The van der Waals surface area contributed by atoms with Crippen LogP contribution in [0, 0.1) is 0 Å². The van der Waals surface area contributed by atoms with Gasteiger partial charge in [-0.05, 0) is 13.2 Å².